The van der Waals surface area contributed by atoms with Crippen LogP contribution in [0.15, 0.2) is 97.1 Å². The number of Topliss-reactive ketones (excluding diaryl/α,β-unsaturated/α-hetero) is 4. The third kappa shape index (κ3) is 20.0. The average Bonchev–Trinajstić information content (AvgIpc) is 4.23. The molecule has 0 radical (unpaired) electrons. The summed E-state index contributed by atoms with van der Waals surface area (Å²) in [5, 5.41) is 10.6. The molecule has 4 aromatic carbocycles. The summed E-state index contributed by atoms with van der Waals surface area (Å²) in [6.45, 7) is 2.86. The van der Waals surface area contributed by atoms with E-state index >= 15 is 0 Å². The molecule has 4 atom stereocenters. The second-order valence-electron chi connectivity index (χ2n) is 23.2. The topological polar surface area (TPSA) is 167 Å². The molecule has 0 spiro atoms. The quantitative estimate of drug-likeness (QED) is 0.132. The average molecular weight is 1090 g/mol. The fraction of sp³-hybridized carbons (Fsp3) is 0.559. The number of amides is 4. The number of aryl methyl sites for hydroxylation is 2. The maximum absolute atomic E-state index is 13.6. The summed E-state index contributed by atoms with van der Waals surface area (Å²) in [4.78, 5) is 109. The first-order valence-electron chi connectivity index (χ1n) is 30.9. The zero-order chi connectivity index (χ0) is 56.3. The molecule has 0 aliphatic carbocycles. The van der Waals surface area contributed by atoms with E-state index in [-0.39, 0.29) is 72.4 Å². The standard InChI is InChI=1S/C34H46N2O4.C34H44N2O4/c2*37-29-17-7-5-3-1-2-4-6-8-19-31(35-34(40)28(24-29)25-33(39)36-22-11-12-23-36)32(38)21-20-27-16-13-15-26-14-9-10-18-30(26)27/h9-10,13-16,18,28,31H,1-8,11-12,17,19-25H2,(H,35,40);1,3,9-10,13-16,18,28,31H,2,4-8,11-12,17,19-25H2,(H,35,40)/b;3-1-/t2*28-,31-/m00/s1. The zero-order valence-corrected chi connectivity index (χ0v) is 47.7. The SMILES string of the molecule is O=C1CCC/C=C\CCCCC[C@@H](C(=O)CCc2cccc3ccccc23)NC(=O)[C@H](CC(=O)N2CCCC2)C1.O=C1CCCCCCCCCC[C@@H](C(=O)CCc2cccc3ccccc23)NC(=O)[C@H](CC(=O)N2CCCC2)C1. The summed E-state index contributed by atoms with van der Waals surface area (Å²) < 4.78 is 0. The molecular formula is C68H90N4O8. The zero-order valence-electron chi connectivity index (χ0n) is 47.7. The van der Waals surface area contributed by atoms with Crippen molar-refractivity contribution in [3.63, 3.8) is 0 Å². The number of allylic oxidation sites excluding steroid dienone is 2. The van der Waals surface area contributed by atoms with Gasteiger partial charge in [-0.2, -0.15) is 0 Å². The van der Waals surface area contributed by atoms with E-state index in [4.69, 9.17) is 0 Å². The Morgan fingerprint density at radius 1 is 0.425 bits per heavy atom. The largest absolute Gasteiger partial charge is 0.346 e. The van der Waals surface area contributed by atoms with Crippen LogP contribution in [0, 0.1) is 11.8 Å². The van der Waals surface area contributed by atoms with Crippen LogP contribution in [0.3, 0.4) is 0 Å². The molecule has 8 rings (SSSR count). The first-order chi connectivity index (χ1) is 39.0. The Kier molecular flexibility index (Phi) is 25.6. The third-order valence-corrected chi connectivity index (χ3v) is 17.0. The Morgan fingerprint density at radius 2 is 0.812 bits per heavy atom. The van der Waals surface area contributed by atoms with Crippen molar-refractivity contribution in [2.45, 2.75) is 205 Å². The van der Waals surface area contributed by atoms with Crippen LogP contribution in [0.2, 0.25) is 0 Å². The van der Waals surface area contributed by atoms with Crippen molar-refractivity contribution in [3.05, 3.63) is 108 Å². The summed E-state index contributed by atoms with van der Waals surface area (Å²) in [6, 6.07) is 27.5. The number of hydrogen-bond donors (Lipinski definition) is 2. The molecule has 4 aromatic rings. The number of nitrogens with one attached hydrogen (secondary N) is 2. The van der Waals surface area contributed by atoms with E-state index in [9.17, 15) is 38.4 Å². The second kappa shape index (κ2) is 33.5. The number of carbonyl (C=O) groups excluding carboxylic acids is 8. The van der Waals surface area contributed by atoms with E-state index in [0.717, 1.165) is 148 Å². The van der Waals surface area contributed by atoms with E-state index in [2.05, 4.69) is 71.3 Å². The van der Waals surface area contributed by atoms with Gasteiger partial charge in [-0.1, -0.05) is 155 Å². The highest BCUT2D eigenvalue weighted by atomic mass is 16.2. The lowest BCUT2D eigenvalue weighted by molar-refractivity contribution is -0.138. The van der Waals surface area contributed by atoms with E-state index in [1.54, 1.807) is 4.90 Å². The van der Waals surface area contributed by atoms with Crippen LogP contribution in [0.5, 0.6) is 0 Å². The molecule has 0 bridgehead atoms. The molecule has 4 heterocycles. The highest BCUT2D eigenvalue weighted by molar-refractivity contribution is 5.96. The minimum atomic E-state index is -0.739. The molecule has 2 N–H and O–H groups in total. The molecule has 4 aliphatic heterocycles. The number of rotatable bonds is 12. The fourth-order valence-electron chi connectivity index (χ4n) is 12.1. The highest BCUT2D eigenvalue weighted by Crippen LogP contribution is 2.25. The van der Waals surface area contributed by atoms with E-state index in [0.29, 0.717) is 64.5 Å². The van der Waals surface area contributed by atoms with Crippen molar-refractivity contribution in [3.8, 4) is 0 Å². The van der Waals surface area contributed by atoms with Crippen LogP contribution < -0.4 is 10.6 Å². The van der Waals surface area contributed by atoms with E-state index in [1.165, 1.54) is 12.8 Å². The van der Waals surface area contributed by atoms with Crippen LogP contribution in [-0.2, 0) is 51.2 Å². The van der Waals surface area contributed by atoms with Crippen LogP contribution in [-0.4, -0.2) is 94.8 Å². The number of fused-ring (bicyclic) bond motifs is 2. The second-order valence-corrected chi connectivity index (χ2v) is 23.2. The molecule has 4 aliphatic rings. The Hall–Kier alpha value is -6.30. The van der Waals surface area contributed by atoms with Crippen molar-refractivity contribution >= 4 is 68.3 Å². The van der Waals surface area contributed by atoms with Crippen LogP contribution >= 0.6 is 0 Å². The minimum absolute atomic E-state index is 0.00805. The number of hydrogen-bond acceptors (Lipinski definition) is 8. The predicted octanol–water partition coefficient (Wildman–Crippen LogP) is 12.4. The van der Waals surface area contributed by atoms with Gasteiger partial charge in [0.15, 0.2) is 11.6 Å². The van der Waals surface area contributed by atoms with E-state index < -0.39 is 23.9 Å². The maximum Gasteiger partial charge on any atom is 0.224 e. The van der Waals surface area contributed by atoms with Gasteiger partial charge in [0, 0.05) is 77.5 Å². The van der Waals surface area contributed by atoms with Gasteiger partial charge in [0.05, 0.1) is 23.9 Å². The highest BCUT2D eigenvalue weighted by Gasteiger charge is 2.33. The van der Waals surface area contributed by atoms with Gasteiger partial charge < -0.3 is 20.4 Å². The summed E-state index contributed by atoms with van der Waals surface area (Å²) in [6.07, 6.45) is 26.1. The van der Waals surface area contributed by atoms with Gasteiger partial charge in [0.2, 0.25) is 23.6 Å². The number of carbonyl (C=O) groups is 8. The Bertz CT molecular complexity index is 2710. The number of ketones is 4. The van der Waals surface area contributed by atoms with Gasteiger partial charge in [-0.15, -0.1) is 0 Å². The van der Waals surface area contributed by atoms with Crippen LogP contribution in [0.25, 0.3) is 21.5 Å². The molecule has 3 saturated heterocycles. The van der Waals surface area contributed by atoms with Gasteiger partial charge in [-0.3, -0.25) is 38.4 Å². The third-order valence-electron chi connectivity index (χ3n) is 17.0. The number of benzene rings is 4. The minimum Gasteiger partial charge on any atom is -0.346 e. The van der Waals surface area contributed by atoms with Gasteiger partial charge in [0.25, 0.3) is 0 Å². The molecule has 0 saturated carbocycles. The van der Waals surface area contributed by atoms with Crippen LogP contribution in [0.4, 0.5) is 0 Å². The lowest BCUT2D eigenvalue weighted by atomic mass is 9.92. The van der Waals surface area contributed by atoms with Gasteiger partial charge in [-0.25, -0.2) is 0 Å². The van der Waals surface area contributed by atoms with Gasteiger partial charge in [-0.05, 0) is 116 Å². The van der Waals surface area contributed by atoms with Gasteiger partial charge >= 0.3 is 0 Å². The molecule has 3 fully saturated rings. The molecule has 430 valence electrons. The Labute approximate surface area is 476 Å². The Balaban J connectivity index is 0.000000231. The summed E-state index contributed by atoms with van der Waals surface area (Å²) in [7, 11) is 0. The fourth-order valence-corrected chi connectivity index (χ4v) is 12.1. The summed E-state index contributed by atoms with van der Waals surface area (Å²) >= 11 is 0. The number of likely N-dealkylation sites (tertiary alicyclic amines) is 2. The molecule has 0 unspecified atom stereocenters. The lowest BCUT2D eigenvalue weighted by Gasteiger charge is -2.24. The van der Waals surface area contributed by atoms with E-state index in [1.807, 2.05) is 41.3 Å². The first kappa shape index (κ1) is 61.3. The van der Waals surface area contributed by atoms with Crippen molar-refractivity contribution < 1.29 is 38.4 Å². The molecule has 80 heavy (non-hydrogen) atoms. The lowest BCUT2D eigenvalue weighted by Crippen LogP contribution is -2.45. The van der Waals surface area contributed by atoms with Gasteiger partial charge in [0.1, 0.15) is 11.6 Å². The maximum atomic E-state index is 13.6. The molecule has 0 aromatic heterocycles. The Morgan fingerprint density at radius 3 is 1.29 bits per heavy atom. The molecule has 12 nitrogen and oxygen atoms in total. The molecular weight excluding hydrogens is 1000 g/mol. The summed E-state index contributed by atoms with van der Waals surface area (Å²) in [5.74, 6) is -2.15. The molecule has 12 heteroatoms. The van der Waals surface area contributed by atoms with Crippen molar-refractivity contribution in [2.75, 3.05) is 26.2 Å². The smallest absolute Gasteiger partial charge is 0.224 e. The normalized spacial score (nSPS) is 22.4. The monoisotopic (exact) mass is 1090 g/mol. The predicted molar refractivity (Wildman–Crippen MR) is 318 cm³/mol. The first-order valence-corrected chi connectivity index (χ1v) is 30.9. The van der Waals surface area contributed by atoms with Crippen molar-refractivity contribution in [2.24, 2.45) is 11.8 Å². The van der Waals surface area contributed by atoms with Crippen molar-refractivity contribution in [1.29, 1.82) is 0 Å². The number of nitrogens with zero attached hydrogens (tertiary/aromatic N) is 2. The van der Waals surface area contributed by atoms with Crippen molar-refractivity contribution in [1.82, 2.24) is 20.4 Å². The van der Waals surface area contributed by atoms with Crippen LogP contribution in [0.1, 0.15) is 191 Å². The summed E-state index contributed by atoms with van der Waals surface area (Å²) in [5.41, 5.74) is 2.25. The molecule has 4 amide bonds.